The molecule has 0 aromatic heterocycles. The van der Waals surface area contributed by atoms with Gasteiger partial charge in [0, 0.05) is 16.5 Å². The molecular weight excluding hydrogens is 356 g/mol. The van der Waals surface area contributed by atoms with E-state index in [-0.39, 0.29) is 12.5 Å². The Morgan fingerprint density at radius 2 is 2.21 bits per heavy atom. The van der Waals surface area contributed by atoms with Gasteiger partial charge in [0.25, 0.3) is 10.1 Å². The van der Waals surface area contributed by atoms with E-state index < -0.39 is 34.0 Å². The van der Waals surface area contributed by atoms with Crippen molar-refractivity contribution < 1.29 is 27.3 Å². The number of anilines is 2. The summed E-state index contributed by atoms with van der Waals surface area (Å²) in [6.07, 6.45) is -1.23. The number of nitrogens with zero attached hydrogens (tertiary/aromatic N) is 1. The number of carbonyl (C=O) groups excluding carboxylic acids is 2. The standard InChI is InChI=1S/C14H16N2O6S2/c1-8(7-24(19,20)21)11-5-16(14(18)22-11)9-2-3-12-10(4-9)15-13(17)6-23-12/h2-4,8,11H,5-7H2,1H3,(H,15,17)(H,19,20,21)/t8?,11-/m0/s1. The summed E-state index contributed by atoms with van der Waals surface area (Å²) in [5.41, 5.74) is 1.19. The number of rotatable bonds is 4. The van der Waals surface area contributed by atoms with Crippen molar-refractivity contribution in [1.82, 2.24) is 0 Å². The zero-order chi connectivity index (χ0) is 17.5. The lowest BCUT2D eigenvalue weighted by Gasteiger charge is -2.20. The van der Waals surface area contributed by atoms with E-state index in [9.17, 15) is 18.0 Å². The van der Waals surface area contributed by atoms with Crippen LogP contribution in [0, 0.1) is 5.92 Å². The number of amides is 2. The van der Waals surface area contributed by atoms with E-state index in [2.05, 4.69) is 5.32 Å². The van der Waals surface area contributed by atoms with Gasteiger partial charge in [-0.05, 0) is 18.2 Å². The first kappa shape index (κ1) is 17.1. The number of thioether (sulfide) groups is 1. The van der Waals surface area contributed by atoms with E-state index in [4.69, 9.17) is 9.29 Å². The number of hydrogen-bond donors (Lipinski definition) is 2. The fourth-order valence-electron chi connectivity index (χ4n) is 2.67. The minimum Gasteiger partial charge on any atom is -0.444 e. The van der Waals surface area contributed by atoms with Gasteiger partial charge < -0.3 is 10.1 Å². The highest BCUT2D eigenvalue weighted by Crippen LogP contribution is 2.36. The quantitative estimate of drug-likeness (QED) is 0.772. The Labute approximate surface area is 143 Å². The van der Waals surface area contributed by atoms with E-state index >= 15 is 0 Å². The fraction of sp³-hybridized carbons (Fsp3) is 0.429. The monoisotopic (exact) mass is 372 g/mol. The second kappa shape index (κ2) is 6.26. The molecule has 0 saturated carbocycles. The van der Waals surface area contributed by atoms with Crippen LogP contribution in [-0.2, 0) is 19.6 Å². The van der Waals surface area contributed by atoms with Crippen LogP contribution in [0.3, 0.4) is 0 Å². The minimum atomic E-state index is -4.14. The normalized spacial score (nSPS) is 21.9. The number of benzene rings is 1. The van der Waals surface area contributed by atoms with Crippen LogP contribution in [0.4, 0.5) is 16.2 Å². The van der Waals surface area contributed by atoms with E-state index in [1.807, 2.05) is 6.07 Å². The summed E-state index contributed by atoms with van der Waals surface area (Å²) < 4.78 is 36.1. The van der Waals surface area contributed by atoms with E-state index in [1.165, 1.54) is 16.7 Å². The molecule has 24 heavy (non-hydrogen) atoms. The Bertz CT molecular complexity index is 794. The number of ether oxygens (including phenoxy) is 1. The van der Waals surface area contributed by atoms with Gasteiger partial charge in [0.05, 0.1) is 23.7 Å². The van der Waals surface area contributed by atoms with Crippen LogP contribution in [0.1, 0.15) is 6.92 Å². The zero-order valence-corrected chi connectivity index (χ0v) is 14.4. The van der Waals surface area contributed by atoms with Crippen molar-refractivity contribution in [2.75, 3.05) is 28.3 Å². The summed E-state index contributed by atoms with van der Waals surface area (Å²) >= 11 is 1.42. The molecule has 1 fully saturated rings. The van der Waals surface area contributed by atoms with Gasteiger partial charge >= 0.3 is 6.09 Å². The SMILES string of the molecule is CC(CS(=O)(=O)O)[C@@H]1CN(c2ccc3c(c2)NC(=O)CS3)C(=O)O1. The van der Waals surface area contributed by atoms with E-state index in [0.29, 0.717) is 17.1 Å². The maximum Gasteiger partial charge on any atom is 0.414 e. The molecule has 1 aromatic rings. The maximum atomic E-state index is 12.1. The topological polar surface area (TPSA) is 113 Å². The average molecular weight is 372 g/mol. The third-order valence-corrected chi connectivity index (χ3v) is 5.87. The van der Waals surface area contributed by atoms with Crippen molar-refractivity contribution in [3.8, 4) is 0 Å². The minimum absolute atomic E-state index is 0.103. The summed E-state index contributed by atoms with van der Waals surface area (Å²) in [4.78, 5) is 25.9. The summed E-state index contributed by atoms with van der Waals surface area (Å²) in [7, 11) is -4.14. The lowest BCUT2D eigenvalue weighted by molar-refractivity contribution is -0.113. The molecule has 0 aliphatic carbocycles. The predicted octanol–water partition coefficient (Wildman–Crippen LogP) is 1.58. The average Bonchev–Trinajstić information content (AvgIpc) is 2.87. The lowest BCUT2D eigenvalue weighted by atomic mass is 10.1. The highest BCUT2D eigenvalue weighted by molar-refractivity contribution is 8.00. The molecular formula is C14H16N2O6S2. The maximum absolute atomic E-state index is 12.1. The molecule has 2 heterocycles. The van der Waals surface area contributed by atoms with Gasteiger partial charge in [0.2, 0.25) is 5.91 Å². The molecule has 1 unspecified atom stereocenters. The zero-order valence-electron chi connectivity index (χ0n) is 12.8. The lowest BCUT2D eigenvalue weighted by Crippen LogP contribution is -2.30. The number of hydrogen-bond acceptors (Lipinski definition) is 6. The van der Waals surface area contributed by atoms with Crippen molar-refractivity contribution in [3.63, 3.8) is 0 Å². The molecule has 2 N–H and O–H groups in total. The largest absolute Gasteiger partial charge is 0.444 e. The Balaban J connectivity index is 1.77. The van der Waals surface area contributed by atoms with Gasteiger partial charge in [-0.3, -0.25) is 14.2 Å². The highest BCUT2D eigenvalue weighted by Gasteiger charge is 2.37. The van der Waals surface area contributed by atoms with Crippen molar-refractivity contribution in [2.45, 2.75) is 17.9 Å². The van der Waals surface area contributed by atoms with Crippen LogP contribution >= 0.6 is 11.8 Å². The van der Waals surface area contributed by atoms with Crippen molar-refractivity contribution in [3.05, 3.63) is 18.2 Å². The van der Waals surface area contributed by atoms with E-state index in [1.54, 1.807) is 19.1 Å². The van der Waals surface area contributed by atoms with Gasteiger partial charge in [-0.2, -0.15) is 8.42 Å². The van der Waals surface area contributed by atoms with Gasteiger partial charge in [-0.15, -0.1) is 11.8 Å². The third kappa shape index (κ3) is 3.65. The van der Waals surface area contributed by atoms with E-state index in [0.717, 1.165) is 4.90 Å². The summed E-state index contributed by atoms with van der Waals surface area (Å²) in [6.45, 7) is 1.77. The molecule has 2 aliphatic rings. The summed E-state index contributed by atoms with van der Waals surface area (Å²) in [6, 6.07) is 5.26. The molecule has 0 radical (unpaired) electrons. The summed E-state index contributed by atoms with van der Waals surface area (Å²) in [5, 5.41) is 2.75. The molecule has 2 aliphatic heterocycles. The molecule has 10 heteroatoms. The Morgan fingerprint density at radius 1 is 1.46 bits per heavy atom. The fourth-order valence-corrected chi connectivity index (χ4v) is 4.34. The highest BCUT2D eigenvalue weighted by atomic mass is 32.2. The molecule has 1 aromatic carbocycles. The molecule has 0 bridgehead atoms. The molecule has 3 rings (SSSR count). The van der Waals surface area contributed by atoms with Crippen LogP contribution in [0.25, 0.3) is 0 Å². The first-order valence-electron chi connectivity index (χ1n) is 7.23. The third-order valence-electron chi connectivity index (χ3n) is 3.85. The Kier molecular flexibility index (Phi) is 4.45. The number of cyclic esters (lactones) is 1. The van der Waals surface area contributed by atoms with Crippen LogP contribution in [0.2, 0.25) is 0 Å². The molecule has 1 saturated heterocycles. The number of fused-ring (bicyclic) bond motifs is 1. The summed E-state index contributed by atoms with van der Waals surface area (Å²) in [5.74, 6) is -0.765. The first-order chi connectivity index (χ1) is 11.2. The van der Waals surface area contributed by atoms with Crippen molar-refractivity contribution in [1.29, 1.82) is 0 Å². The van der Waals surface area contributed by atoms with Crippen LogP contribution in [0.15, 0.2) is 23.1 Å². The second-order valence-corrected chi connectivity index (χ2v) is 8.29. The van der Waals surface area contributed by atoms with Gasteiger partial charge in [-0.25, -0.2) is 4.79 Å². The van der Waals surface area contributed by atoms with Gasteiger partial charge in [-0.1, -0.05) is 6.92 Å². The van der Waals surface area contributed by atoms with Crippen LogP contribution in [0.5, 0.6) is 0 Å². The second-order valence-electron chi connectivity index (χ2n) is 5.78. The van der Waals surface area contributed by atoms with Crippen LogP contribution < -0.4 is 10.2 Å². The Morgan fingerprint density at radius 3 is 2.92 bits per heavy atom. The predicted molar refractivity (Wildman–Crippen MR) is 89.0 cm³/mol. The molecule has 2 amide bonds. The molecule has 8 nitrogen and oxygen atoms in total. The van der Waals surface area contributed by atoms with Crippen molar-refractivity contribution >= 4 is 45.3 Å². The van der Waals surface area contributed by atoms with Gasteiger partial charge in [0.15, 0.2) is 0 Å². The molecule has 2 atom stereocenters. The van der Waals surface area contributed by atoms with Crippen LogP contribution in [-0.4, -0.2) is 49.1 Å². The Hall–Kier alpha value is -1.78. The smallest absolute Gasteiger partial charge is 0.414 e. The first-order valence-corrected chi connectivity index (χ1v) is 9.82. The molecule has 130 valence electrons. The number of carbonyl (C=O) groups is 2. The van der Waals surface area contributed by atoms with Gasteiger partial charge in [0.1, 0.15) is 6.10 Å². The van der Waals surface area contributed by atoms with Crippen molar-refractivity contribution in [2.24, 2.45) is 5.92 Å². The molecule has 0 spiro atoms. The number of nitrogens with one attached hydrogen (secondary N) is 1.